The zero-order chi connectivity index (χ0) is 11.0. The molecular weight excluding hydrogens is 212 g/mol. The maximum absolute atomic E-state index is 11.3. The molecule has 0 bridgehead atoms. The van der Waals surface area contributed by atoms with Crippen molar-refractivity contribution >= 4 is 23.2 Å². The Bertz CT molecular complexity index is 429. The maximum atomic E-state index is 11.3. The number of carbonyl (C=O) groups is 1. The Labute approximate surface area is 93.6 Å². The van der Waals surface area contributed by atoms with E-state index in [4.69, 9.17) is 17.3 Å². The van der Waals surface area contributed by atoms with Crippen molar-refractivity contribution in [3.63, 3.8) is 0 Å². The van der Waals surface area contributed by atoms with Gasteiger partial charge in [0.2, 0.25) is 5.91 Å². The topological polar surface area (TPSA) is 55.1 Å². The van der Waals surface area contributed by atoms with Crippen molar-refractivity contribution in [3.8, 4) is 0 Å². The largest absolute Gasteiger partial charge is 0.330 e. The van der Waals surface area contributed by atoms with E-state index in [-0.39, 0.29) is 5.91 Å². The quantitative estimate of drug-likeness (QED) is 0.803. The number of benzene rings is 1. The van der Waals surface area contributed by atoms with E-state index in [9.17, 15) is 4.79 Å². The second-order valence-corrected chi connectivity index (χ2v) is 4.15. The van der Waals surface area contributed by atoms with E-state index >= 15 is 0 Å². The predicted octanol–water partition coefficient (Wildman–Crippen LogP) is 1.64. The molecule has 0 saturated carbocycles. The van der Waals surface area contributed by atoms with Gasteiger partial charge >= 0.3 is 0 Å². The first-order chi connectivity index (χ1) is 7.13. The lowest BCUT2D eigenvalue weighted by Gasteiger charge is -2.10. The first-order valence-electron chi connectivity index (χ1n) is 4.94. The minimum Gasteiger partial charge on any atom is -0.330 e. The molecule has 1 heterocycles. The number of nitrogens with two attached hydrogens (primary N) is 1. The predicted molar refractivity (Wildman–Crippen MR) is 61.3 cm³/mol. The minimum absolute atomic E-state index is 0.0362. The maximum Gasteiger partial charge on any atom is 0.228 e. The van der Waals surface area contributed by atoms with E-state index in [0.29, 0.717) is 13.0 Å². The average Bonchev–Trinajstić information content (AvgIpc) is 2.56. The molecule has 0 atom stereocenters. The number of halogens is 1. The Kier molecular flexibility index (Phi) is 2.67. The molecule has 0 fully saturated rings. The molecule has 1 aliphatic rings. The van der Waals surface area contributed by atoms with Crippen LogP contribution in [0.5, 0.6) is 0 Å². The van der Waals surface area contributed by atoms with Crippen LogP contribution in [-0.2, 0) is 17.6 Å². The number of hydrogen-bond donors (Lipinski definition) is 2. The smallest absolute Gasteiger partial charge is 0.228 e. The second kappa shape index (κ2) is 3.83. The molecule has 0 spiro atoms. The molecule has 4 heteroatoms. The average molecular weight is 225 g/mol. The Morgan fingerprint density at radius 3 is 3.00 bits per heavy atom. The third-order valence-corrected chi connectivity index (χ3v) is 3.21. The molecule has 3 nitrogen and oxygen atoms in total. The molecule has 0 aliphatic carbocycles. The summed E-state index contributed by atoms with van der Waals surface area (Å²) in [5.41, 5.74) is 9.41. The van der Waals surface area contributed by atoms with Gasteiger partial charge in [-0.15, -0.1) is 0 Å². The zero-order valence-electron chi connectivity index (χ0n) is 8.56. The first kappa shape index (κ1) is 10.5. The molecule has 0 unspecified atom stereocenters. The highest BCUT2D eigenvalue weighted by Gasteiger charge is 2.22. The first-order valence-corrected chi connectivity index (χ1v) is 5.32. The summed E-state index contributed by atoms with van der Waals surface area (Å²) >= 11 is 6.20. The van der Waals surface area contributed by atoms with Crippen LogP contribution in [-0.4, -0.2) is 12.5 Å². The highest BCUT2D eigenvalue weighted by Crippen LogP contribution is 2.34. The summed E-state index contributed by atoms with van der Waals surface area (Å²) < 4.78 is 0. The fourth-order valence-electron chi connectivity index (χ4n) is 1.94. The molecular formula is C11H13ClN2O. The fraction of sp³-hybridized carbons (Fsp3) is 0.364. The molecule has 1 aromatic rings. The molecule has 3 N–H and O–H groups in total. The van der Waals surface area contributed by atoms with Gasteiger partial charge in [-0.3, -0.25) is 4.79 Å². The minimum atomic E-state index is 0.0362. The molecule has 15 heavy (non-hydrogen) atoms. The number of anilines is 1. The van der Waals surface area contributed by atoms with Gasteiger partial charge in [0.05, 0.1) is 6.42 Å². The zero-order valence-corrected chi connectivity index (χ0v) is 9.32. The van der Waals surface area contributed by atoms with E-state index in [2.05, 4.69) is 5.32 Å². The molecule has 0 saturated heterocycles. The van der Waals surface area contributed by atoms with Crippen LogP contribution in [0.25, 0.3) is 0 Å². The van der Waals surface area contributed by atoms with Crippen LogP contribution >= 0.6 is 11.6 Å². The SMILES string of the molecule is Cc1c(Cl)c(CCN)cc2c1NC(=O)C2. The van der Waals surface area contributed by atoms with Gasteiger partial charge in [-0.25, -0.2) is 0 Å². The highest BCUT2D eigenvalue weighted by atomic mass is 35.5. The molecule has 1 aromatic carbocycles. The van der Waals surface area contributed by atoms with E-state index in [0.717, 1.165) is 33.8 Å². The molecule has 2 rings (SSSR count). The second-order valence-electron chi connectivity index (χ2n) is 3.77. The van der Waals surface area contributed by atoms with Gasteiger partial charge in [-0.2, -0.15) is 0 Å². The number of amides is 1. The lowest BCUT2D eigenvalue weighted by atomic mass is 10.0. The normalized spacial score (nSPS) is 13.9. The van der Waals surface area contributed by atoms with Gasteiger partial charge in [-0.1, -0.05) is 17.7 Å². The number of hydrogen-bond acceptors (Lipinski definition) is 2. The van der Waals surface area contributed by atoms with Crippen molar-refractivity contribution in [2.24, 2.45) is 5.73 Å². The highest BCUT2D eigenvalue weighted by molar-refractivity contribution is 6.32. The van der Waals surface area contributed by atoms with Crippen LogP contribution in [0.1, 0.15) is 16.7 Å². The van der Waals surface area contributed by atoms with E-state index in [1.165, 1.54) is 0 Å². The molecule has 0 radical (unpaired) electrons. The summed E-state index contributed by atoms with van der Waals surface area (Å²) in [6.07, 6.45) is 1.20. The van der Waals surface area contributed by atoms with Crippen molar-refractivity contribution in [1.29, 1.82) is 0 Å². The van der Waals surface area contributed by atoms with Gasteiger partial charge in [0.15, 0.2) is 0 Å². The van der Waals surface area contributed by atoms with Crippen LogP contribution in [0.15, 0.2) is 6.07 Å². The van der Waals surface area contributed by atoms with Crippen LogP contribution in [0.4, 0.5) is 5.69 Å². The van der Waals surface area contributed by atoms with Crippen molar-refractivity contribution in [2.75, 3.05) is 11.9 Å². The third kappa shape index (κ3) is 1.73. The Balaban J connectivity index is 2.51. The van der Waals surface area contributed by atoms with Crippen LogP contribution in [0.3, 0.4) is 0 Å². The number of fused-ring (bicyclic) bond motifs is 1. The van der Waals surface area contributed by atoms with Gasteiger partial charge in [0.25, 0.3) is 0 Å². The number of carbonyl (C=O) groups excluding carboxylic acids is 1. The Morgan fingerprint density at radius 1 is 1.60 bits per heavy atom. The third-order valence-electron chi connectivity index (χ3n) is 2.68. The standard InChI is InChI=1S/C11H13ClN2O/c1-6-10(12)7(2-3-13)4-8-5-9(15)14-11(6)8/h4H,2-3,5,13H2,1H3,(H,14,15). The van der Waals surface area contributed by atoms with Crippen molar-refractivity contribution in [1.82, 2.24) is 0 Å². The monoisotopic (exact) mass is 224 g/mol. The van der Waals surface area contributed by atoms with Crippen LogP contribution in [0.2, 0.25) is 5.02 Å². The lowest BCUT2D eigenvalue weighted by Crippen LogP contribution is -2.05. The van der Waals surface area contributed by atoms with E-state index in [1.54, 1.807) is 0 Å². The summed E-state index contributed by atoms with van der Waals surface area (Å²) in [6, 6.07) is 1.98. The van der Waals surface area contributed by atoms with Crippen LogP contribution in [0, 0.1) is 6.92 Å². The summed E-state index contributed by atoms with van der Waals surface area (Å²) in [5, 5.41) is 3.54. The van der Waals surface area contributed by atoms with Gasteiger partial charge < -0.3 is 11.1 Å². The summed E-state index contributed by atoms with van der Waals surface area (Å²) in [4.78, 5) is 11.3. The Hall–Kier alpha value is -1.06. The summed E-state index contributed by atoms with van der Waals surface area (Å²) in [5.74, 6) is 0.0362. The van der Waals surface area contributed by atoms with E-state index in [1.807, 2.05) is 13.0 Å². The van der Waals surface area contributed by atoms with Crippen molar-refractivity contribution in [2.45, 2.75) is 19.8 Å². The molecule has 1 aliphatic heterocycles. The van der Waals surface area contributed by atoms with Gasteiger partial charge in [0.1, 0.15) is 0 Å². The lowest BCUT2D eigenvalue weighted by molar-refractivity contribution is -0.115. The summed E-state index contributed by atoms with van der Waals surface area (Å²) in [6.45, 7) is 2.49. The Morgan fingerprint density at radius 2 is 2.33 bits per heavy atom. The van der Waals surface area contributed by atoms with Gasteiger partial charge in [0, 0.05) is 10.7 Å². The van der Waals surface area contributed by atoms with Crippen LogP contribution < -0.4 is 11.1 Å². The van der Waals surface area contributed by atoms with E-state index < -0.39 is 0 Å². The molecule has 80 valence electrons. The molecule has 1 amide bonds. The van der Waals surface area contributed by atoms with Crippen molar-refractivity contribution in [3.05, 3.63) is 27.8 Å². The fourth-order valence-corrected chi connectivity index (χ4v) is 2.19. The number of nitrogens with one attached hydrogen (secondary N) is 1. The summed E-state index contributed by atoms with van der Waals surface area (Å²) in [7, 11) is 0. The molecule has 0 aromatic heterocycles. The number of rotatable bonds is 2. The van der Waals surface area contributed by atoms with Crippen molar-refractivity contribution < 1.29 is 4.79 Å². The van der Waals surface area contributed by atoms with Gasteiger partial charge in [-0.05, 0) is 36.6 Å².